The van der Waals surface area contributed by atoms with Gasteiger partial charge in [-0.25, -0.2) is 0 Å². The van der Waals surface area contributed by atoms with Gasteiger partial charge in [0, 0.05) is 30.0 Å². The number of ketones is 1. The van der Waals surface area contributed by atoms with Gasteiger partial charge in [-0.1, -0.05) is 0 Å². The van der Waals surface area contributed by atoms with E-state index in [2.05, 4.69) is 0 Å². The van der Waals surface area contributed by atoms with Crippen molar-refractivity contribution in [3.8, 4) is 46.0 Å². The van der Waals surface area contributed by atoms with Gasteiger partial charge in [0.2, 0.25) is 11.5 Å². The number of carbonyl (C=O) groups is 3. The van der Waals surface area contributed by atoms with Gasteiger partial charge >= 0.3 is 11.9 Å². The Kier molecular flexibility index (Phi) is 7.66. The molecule has 0 radical (unpaired) electrons. The Morgan fingerprint density at radius 2 is 1.43 bits per heavy atom. The van der Waals surface area contributed by atoms with E-state index < -0.39 is 17.9 Å². The fourth-order valence-electron chi connectivity index (χ4n) is 5.04. The molecule has 1 atom stereocenters. The monoisotopic (exact) mass is 576 g/mol. The highest BCUT2D eigenvalue weighted by Crippen LogP contribution is 2.51. The molecule has 0 aliphatic carbocycles. The Balaban J connectivity index is 1.62. The molecule has 218 valence electrons. The number of esters is 2. The van der Waals surface area contributed by atoms with Gasteiger partial charge in [0.25, 0.3) is 0 Å². The molecule has 2 heterocycles. The summed E-state index contributed by atoms with van der Waals surface area (Å²) < 4.78 is 44.3. The van der Waals surface area contributed by atoms with E-state index in [1.54, 1.807) is 42.5 Å². The number of carbonyl (C=O) groups excluding carboxylic acids is 3. The number of ether oxygens (including phenoxy) is 8. The maximum atomic E-state index is 13.5. The van der Waals surface area contributed by atoms with Crippen molar-refractivity contribution >= 4 is 23.8 Å². The minimum atomic E-state index is -0.604. The molecular formula is C31H28O11. The third-order valence-corrected chi connectivity index (χ3v) is 6.93. The highest BCUT2D eigenvalue weighted by atomic mass is 16.6. The molecule has 0 N–H and O–H groups in total. The van der Waals surface area contributed by atoms with E-state index in [-0.39, 0.29) is 46.7 Å². The molecule has 2 aliphatic rings. The molecule has 0 amide bonds. The van der Waals surface area contributed by atoms with Crippen LogP contribution < -0.4 is 37.9 Å². The lowest BCUT2D eigenvalue weighted by Gasteiger charge is -2.27. The number of methoxy groups -OCH3 is 5. The standard InChI is InChI=1S/C31H28O11/c1-15(32)40-31-25(38-5)9-16(10-26(31)39-6)19-13-27(33)41-20-8-7-18-29(34)24(42-30(18)28(19)20)12-17-11-22(36-3)23(37-4)14-21(17)35-2/h7-12,14,19H,13H2,1-6H3/b24-12-/t19-/m1/s1. The van der Waals surface area contributed by atoms with Crippen LogP contribution in [0.3, 0.4) is 0 Å². The average molecular weight is 577 g/mol. The molecule has 5 rings (SSSR count). The zero-order valence-electron chi connectivity index (χ0n) is 23.8. The van der Waals surface area contributed by atoms with E-state index in [0.29, 0.717) is 39.5 Å². The SMILES string of the molecule is COc1cc(OC)c(OC)cc1/C=C1\Oc2c(ccc3c2[C@@H](c2cc(OC)c(OC(C)=O)c(OC)c2)CC(=O)O3)C1=O. The third-order valence-electron chi connectivity index (χ3n) is 6.93. The number of hydrogen-bond acceptors (Lipinski definition) is 11. The maximum absolute atomic E-state index is 13.5. The van der Waals surface area contributed by atoms with Crippen LogP contribution in [0.5, 0.6) is 46.0 Å². The molecule has 42 heavy (non-hydrogen) atoms. The lowest BCUT2D eigenvalue weighted by molar-refractivity contribution is -0.135. The van der Waals surface area contributed by atoms with Crippen molar-refractivity contribution in [2.75, 3.05) is 35.5 Å². The maximum Gasteiger partial charge on any atom is 0.312 e. The molecule has 0 saturated heterocycles. The van der Waals surface area contributed by atoms with Gasteiger partial charge in [0.05, 0.1) is 47.5 Å². The number of benzene rings is 3. The largest absolute Gasteiger partial charge is 0.496 e. The Morgan fingerprint density at radius 1 is 0.810 bits per heavy atom. The van der Waals surface area contributed by atoms with Gasteiger partial charge in [0.1, 0.15) is 17.2 Å². The molecule has 2 aliphatic heterocycles. The summed E-state index contributed by atoms with van der Waals surface area (Å²) in [5.41, 5.74) is 1.94. The second-order valence-corrected chi connectivity index (χ2v) is 9.32. The summed E-state index contributed by atoms with van der Waals surface area (Å²) >= 11 is 0. The van der Waals surface area contributed by atoms with Crippen LogP contribution in [0.2, 0.25) is 0 Å². The van der Waals surface area contributed by atoms with Crippen LogP contribution in [0, 0.1) is 0 Å². The van der Waals surface area contributed by atoms with Crippen LogP contribution in [-0.4, -0.2) is 53.3 Å². The minimum absolute atomic E-state index is 0.0416. The molecule has 11 heteroatoms. The number of rotatable bonds is 8. The Hall–Kier alpha value is -5.19. The number of fused-ring (bicyclic) bond motifs is 3. The summed E-state index contributed by atoms with van der Waals surface area (Å²) in [6.45, 7) is 1.26. The number of Topliss-reactive ketones (excluding diaryl/α,β-unsaturated/α-hetero) is 1. The van der Waals surface area contributed by atoms with Gasteiger partial charge in [-0.3, -0.25) is 14.4 Å². The summed E-state index contributed by atoms with van der Waals surface area (Å²) in [6.07, 6.45) is 1.50. The lowest BCUT2D eigenvalue weighted by Crippen LogP contribution is -2.21. The third kappa shape index (κ3) is 4.93. The highest BCUT2D eigenvalue weighted by Gasteiger charge is 2.39. The second-order valence-electron chi connectivity index (χ2n) is 9.32. The van der Waals surface area contributed by atoms with Crippen molar-refractivity contribution in [2.24, 2.45) is 0 Å². The van der Waals surface area contributed by atoms with Crippen molar-refractivity contribution < 1.29 is 52.3 Å². The van der Waals surface area contributed by atoms with Crippen molar-refractivity contribution in [2.45, 2.75) is 19.3 Å². The van der Waals surface area contributed by atoms with Crippen LogP contribution in [-0.2, 0) is 9.59 Å². The summed E-state index contributed by atoms with van der Waals surface area (Å²) in [4.78, 5) is 37.9. The van der Waals surface area contributed by atoms with E-state index in [1.165, 1.54) is 42.5 Å². The molecule has 0 fully saturated rings. The lowest BCUT2D eigenvalue weighted by atomic mass is 9.84. The fourth-order valence-corrected chi connectivity index (χ4v) is 5.04. The normalized spacial score (nSPS) is 16.1. The Bertz CT molecular complexity index is 1610. The van der Waals surface area contributed by atoms with E-state index in [4.69, 9.17) is 37.9 Å². The van der Waals surface area contributed by atoms with Crippen LogP contribution in [0.1, 0.15) is 46.3 Å². The number of allylic oxidation sites excluding steroid dienone is 1. The summed E-state index contributed by atoms with van der Waals surface area (Å²) in [5, 5.41) is 0. The molecule has 11 nitrogen and oxygen atoms in total. The molecular weight excluding hydrogens is 548 g/mol. The van der Waals surface area contributed by atoms with Crippen molar-refractivity contribution in [3.05, 3.63) is 64.4 Å². The number of hydrogen-bond donors (Lipinski definition) is 0. The van der Waals surface area contributed by atoms with Gasteiger partial charge in [0.15, 0.2) is 28.8 Å². The van der Waals surface area contributed by atoms with Gasteiger partial charge < -0.3 is 37.9 Å². The first-order valence-corrected chi connectivity index (χ1v) is 12.8. The highest BCUT2D eigenvalue weighted by molar-refractivity contribution is 6.15. The second kappa shape index (κ2) is 11.4. The smallest absolute Gasteiger partial charge is 0.312 e. The van der Waals surface area contributed by atoms with Gasteiger partial charge in [-0.15, -0.1) is 0 Å². The molecule has 0 aromatic heterocycles. The first kappa shape index (κ1) is 28.3. The zero-order valence-corrected chi connectivity index (χ0v) is 23.8. The van der Waals surface area contributed by atoms with E-state index in [9.17, 15) is 14.4 Å². The molecule has 3 aromatic carbocycles. The Labute approximate surface area is 241 Å². The van der Waals surface area contributed by atoms with Gasteiger partial charge in [-0.2, -0.15) is 0 Å². The van der Waals surface area contributed by atoms with E-state index in [1.807, 2.05) is 0 Å². The molecule has 0 spiro atoms. The zero-order chi connectivity index (χ0) is 30.1. The Morgan fingerprint density at radius 3 is 2.02 bits per heavy atom. The minimum Gasteiger partial charge on any atom is -0.496 e. The summed E-state index contributed by atoms with van der Waals surface area (Å²) in [5.74, 6) is 0.482. The van der Waals surface area contributed by atoms with Gasteiger partial charge in [-0.05, 0) is 42.0 Å². The molecule has 3 aromatic rings. The summed E-state index contributed by atoms with van der Waals surface area (Å²) in [7, 11) is 7.36. The summed E-state index contributed by atoms with van der Waals surface area (Å²) in [6, 6.07) is 9.75. The van der Waals surface area contributed by atoms with Crippen LogP contribution in [0.25, 0.3) is 6.08 Å². The fraction of sp³-hybridized carbons (Fsp3) is 0.258. The average Bonchev–Trinajstić information content (AvgIpc) is 3.30. The predicted molar refractivity (Wildman–Crippen MR) is 148 cm³/mol. The van der Waals surface area contributed by atoms with Crippen LogP contribution >= 0.6 is 0 Å². The van der Waals surface area contributed by atoms with E-state index >= 15 is 0 Å². The van der Waals surface area contributed by atoms with E-state index in [0.717, 1.165) is 0 Å². The van der Waals surface area contributed by atoms with Crippen LogP contribution in [0.4, 0.5) is 0 Å². The topological polar surface area (TPSA) is 125 Å². The molecule has 0 saturated carbocycles. The van der Waals surface area contributed by atoms with Crippen molar-refractivity contribution in [3.63, 3.8) is 0 Å². The predicted octanol–water partition coefficient (Wildman–Crippen LogP) is 4.71. The van der Waals surface area contributed by atoms with Crippen molar-refractivity contribution in [1.82, 2.24) is 0 Å². The molecule has 0 bridgehead atoms. The van der Waals surface area contributed by atoms with Crippen LogP contribution in [0.15, 0.2) is 42.2 Å². The first-order chi connectivity index (χ1) is 20.2. The molecule has 0 unspecified atom stereocenters. The van der Waals surface area contributed by atoms with Crippen molar-refractivity contribution in [1.29, 1.82) is 0 Å². The quantitative estimate of drug-likeness (QED) is 0.210. The first-order valence-electron chi connectivity index (χ1n) is 12.8.